The first-order valence-corrected chi connectivity index (χ1v) is 24.8. The molecule has 2 aliphatic heterocycles. The van der Waals surface area contributed by atoms with E-state index < -0.39 is 22.9 Å². The molecule has 4 heterocycles. The molecule has 11 rings (SSSR count). The lowest BCUT2D eigenvalue weighted by Gasteiger charge is -2.46. The molecule has 69 heavy (non-hydrogen) atoms. The van der Waals surface area contributed by atoms with Crippen LogP contribution in [0.1, 0.15) is 137 Å². The molecule has 6 aromatic carbocycles. The highest BCUT2D eigenvalue weighted by molar-refractivity contribution is 6.12. The zero-order valence-electron chi connectivity index (χ0n) is 45.6. The Kier molecular flexibility index (Phi) is 9.13. The van der Waals surface area contributed by atoms with Gasteiger partial charge in [0.05, 0.1) is 22.4 Å². The third-order valence-corrected chi connectivity index (χ3v) is 16.0. The third kappa shape index (κ3) is 6.55. The van der Waals surface area contributed by atoms with Crippen molar-refractivity contribution in [3.63, 3.8) is 0 Å². The number of rotatable bonds is 4. The summed E-state index contributed by atoms with van der Waals surface area (Å²) in [6, 6.07) is 38.5. The van der Waals surface area contributed by atoms with Crippen LogP contribution < -0.4 is 4.90 Å². The lowest BCUT2D eigenvalue weighted by atomic mass is 9.65. The van der Waals surface area contributed by atoms with Gasteiger partial charge in [0.2, 0.25) is 5.90 Å². The largest absolute Gasteiger partial charge is 0.463 e. The van der Waals surface area contributed by atoms with Gasteiger partial charge in [0.15, 0.2) is 5.60 Å². The van der Waals surface area contributed by atoms with Crippen LogP contribution in [0, 0.1) is 53.9 Å². The number of pyridine rings is 1. The van der Waals surface area contributed by atoms with Crippen LogP contribution in [0.3, 0.4) is 0 Å². The molecular formula is C64H68N4O. The molecule has 0 fully saturated rings. The monoisotopic (exact) mass is 911 g/mol. The van der Waals surface area contributed by atoms with Gasteiger partial charge >= 0.3 is 0 Å². The Morgan fingerprint density at radius 1 is 0.594 bits per heavy atom. The van der Waals surface area contributed by atoms with E-state index in [2.05, 4.69) is 210 Å². The highest BCUT2D eigenvalue weighted by Gasteiger charge is 2.67. The smallest absolute Gasteiger partial charge is 0.217 e. The van der Waals surface area contributed by atoms with E-state index in [4.69, 9.17) is 14.7 Å². The van der Waals surface area contributed by atoms with Gasteiger partial charge in [-0.3, -0.25) is 4.57 Å². The maximum atomic E-state index is 9.99. The number of hydrogen-bond acceptors (Lipinski definition) is 4. The predicted octanol–water partition coefficient (Wildman–Crippen LogP) is 16.4. The summed E-state index contributed by atoms with van der Waals surface area (Å²) in [5, 5.41) is 2.39. The number of aryl methyl sites for hydroxylation is 7. The Morgan fingerprint density at radius 2 is 1.25 bits per heavy atom. The van der Waals surface area contributed by atoms with E-state index in [0.717, 1.165) is 61.7 Å². The number of anilines is 3. The quantitative estimate of drug-likeness (QED) is 0.177. The number of aromatic nitrogens is 2. The Hall–Kier alpha value is -6.46. The summed E-state index contributed by atoms with van der Waals surface area (Å²) in [5.41, 5.74) is 18.5. The van der Waals surface area contributed by atoms with E-state index in [1.807, 2.05) is 19.2 Å². The second-order valence-corrected chi connectivity index (χ2v) is 23.5. The fraction of sp³-hybridized carbons (Fsp3) is 0.344. The molecule has 5 nitrogen and oxygen atoms in total. The van der Waals surface area contributed by atoms with Crippen molar-refractivity contribution in [2.24, 2.45) is 10.4 Å². The molecule has 5 heteroatoms. The molecule has 8 aromatic rings. The molecule has 0 saturated heterocycles. The Labute approximate surface area is 413 Å². The molecule has 0 spiro atoms. The number of aliphatic imine (C=N–C) groups is 1. The van der Waals surface area contributed by atoms with Crippen molar-refractivity contribution in [3.05, 3.63) is 182 Å². The number of benzene rings is 6. The molecule has 350 valence electrons. The lowest BCUT2D eigenvalue weighted by molar-refractivity contribution is -0.0723. The van der Waals surface area contributed by atoms with Gasteiger partial charge in [-0.15, -0.1) is 0 Å². The maximum absolute atomic E-state index is 9.99. The Bertz CT molecular complexity index is 3630. The normalized spacial score (nSPS) is 20.5. The van der Waals surface area contributed by atoms with Crippen molar-refractivity contribution in [3.8, 4) is 16.9 Å². The first-order valence-electron chi connectivity index (χ1n) is 25.8. The summed E-state index contributed by atoms with van der Waals surface area (Å²) in [4.78, 5) is 13.1. The van der Waals surface area contributed by atoms with Gasteiger partial charge in [0, 0.05) is 53.7 Å². The van der Waals surface area contributed by atoms with Gasteiger partial charge in [-0.25, -0.2) is 9.98 Å². The fourth-order valence-corrected chi connectivity index (χ4v) is 12.5. The summed E-state index contributed by atoms with van der Waals surface area (Å²) < 4.78 is 29.9. The summed E-state index contributed by atoms with van der Waals surface area (Å²) >= 11 is 0. The minimum absolute atomic E-state index is 0.0636. The van der Waals surface area contributed by atoms with Crippen LogP contribution in [0.25, 0.3) is 38.8 Å². The average Bonchev–Trinajstić information content (AvgIpc) is 3.83. The van der Waals surface area contributed by atoms with Crippen LogP contribution in [0.5, 0.6) is 0 Å². The van der Waals surface area contributed by atoms with Gasteiger partial charge in [0.1, 0.15) is 11.4 Å². The second-order valence-electron chi connectivity index (χ2n) is 23.5. The van der Waals surface area contributed by atoms with Crippen molar-refractivity contribution in [2.75, 3.05) is 4.90 Å². The lowest BCUT2D eigenvalue weighted by Crippen LogP contribution is -2.52. The van der Waals surface area contributed by atoms with Crippen LogP contribution in [0.4, 0.5) is 17.1 Å². The number of nitrogens with zero attached hydrogens (tertiary/aromatic N) is 4. The SMILES string of the molecule is [2H]C1([2H])c2cc(C)c(C)cc2[C@]2(C(C)(C)C)OC(c3cc(-c4c(C)cc(C)cc4C)cc(N4c5ccc(C)cc5C(C)(C)c5cc6c7cc(C)ccc7n(-c7cc(C(C)(C)C)ccn7)c6cc54)c3)=N[C@]12C. The van der Waals surface area contributed by atoms with Crippen LogP contribution in [-0.4, -0.2) is 21.0 Å². The molecule has 1 aliphatic carbocycles. The second kappa shape index (κ2) is 14.8. The summed E-state index contributed by atoms with van der Waals surface area (Å²) in [6.07, 6.45) is 0.132. The number of ether oxygens (including phenoxy) is 1. The van der Waals surface area contributed by atoms with Crippen molar-refractivity contribution in [2.45, 2.75) is 139 Å². The van der Waals surface area contributed by atoms with Crippen LogP contribution in [0.2, 0.25) is 0 Å². The summed E-state index contributed by atoms with van der Waals surface area (Å²) in [7, 11) is 0. The molecule has 2 atom stereocenters. The minimum Gasteiger partial charge on any atom is -0.463 e. The van der Waals surface area contributed by atoms with Gasteiger partial charge < -0.3 is 9.64 Å². The van der Waals surface area contributed by atoms with Crippen molar-refractivity contribution in [1.29, 1.82) is 0 Å². The van der Waals surface area contributed by atoms with Crippen molar-refractivity contribution >= 4 is 44.8 Å². The van der Waals surface area contributed by atoms with Gasteiger partial charge in [-0.05, 0) is 177 Å². The first-order chi connectivity index (χ1) is 33.2. The van der Waals surface area contributed by atoms with Gasteiger partial charge in [-0.2, -0.15) is 0 Å². The molecule has 0 amide bonds. The first kappa shape index (κ1) is 42.6. The summed E-state index contributed by atoms with van der Waals surface area (Å²) in [5.74, 6) is 1.35. The molecular weight excluding hydrogens is 841 g/mol. The molecule has 0 saturated carbocycles. The molecule has 0 bridgehead atoms. The third-order valence-electron chi connectivity index (χ3n) is 16.0. The zero-order chi connectivity index (χ0) is 50.9. The van der Waals surface area contributed by atoms with E-state index in [-0.39, 0.29) is 10.8 Å². The van der Waals surface area contributed by atoms with Crippen LogP contribution in [-0.2, 0) is 27.5 Å². The number of fused-ring (bicyclic) bond motifs is 8. The van der Waals surface area contributed by atoms with E-state index in [9.17, 15) is 2.74 Å². The molecule has 2 aromatic heterocycles. The highest BCUT2D eigenvalue weighted by Crippen LogP contribution is 2.62. The van der Waals surface area contributed by atoms with E-state index in [1.165, 1.54) is 60.8 Å². The zero-order valence-corrected chi connectivity index (χ0v) is 43.6. The molecule has 0 unspecified atom stereocenters. The number of hydrogen-bond donors (Lipinski definition) is 0. The topological polar surface area (TPSA) is 42.6 Å². The molecule has 0 N–H and O–H groups in total. The minimum atomic E-state index is -1.82. The Balaban J connectivity index is 1.22. The van der Waals surface area contributed by atoms with Gasteiger partial charge in [-0.1, -0.05) is 115 Å². The standard InChI is InChI=1S/C64H68N4O/c1-36-17-19-53-48(25-36)49-33-52-56(34-55(49)68(53)57-32-46(21-22-65-57)60(8,9)10)67(54-20-18-37(2)26-51(54)62(52,14)15)47-30-43(58-41(6)23-38(3)24-42(58)7)29-44(31-47)59-66-63(16)35-45-27-39(4)40(5)28-50(45)64(63,69-59)61(11,12)13/h17-34H,35H2,1-16H3/t63-,64-/m1/s1/i35D2. The molecule has 3 aliphatic rings. The fourth-order valence-electron chi connectivity index (χ4n) is 12.5. The van der Waals surface area contributed by atoms with E-state index in [0.29, 0.717) is 11.5 Å². The predicted molar refractivity (Wildman–Crippen MR) is 290 cm³/mol. The molecule has 0 radical (unpaired) electrons. The van der Waals surface area contributed by atoms with Crippen molar-refractivity contribution in [1.82, 2.24) is 9.55 Å². The van der Waals surface area contributed by atoms with E-state index in [1.54, 1.807) is 0 Å². The van der Waals surface area contributed by atoms with Crippen LogP contribution >= 0.6 is 0 Å². The maximum Gasteiger partial charge on any atom is 0.217 e. The van der Waals surface area contributed by atoms with E-state index >= 15 is 0 Å². The van der Waals surface area contributed by atoms with Crippen molar-refractivity contribution < 1.29 is 7.48 Å². The highest BCUT2D eigenvalue weighted by atomic mass is 16.5. The van der Waals surface area contributed by atoms with Crippen LogP contribution in [0.15, 0.2) is 114 Å². The average molecular weight is 911 g/mol. The summed E-state index contributed by atoms with van der Waals surface area (Å²) in [6.45, 7) is 35.1. The van der Waals surface area contributed by atoms with Gasteiger partial charge in [0.25, 0.3) is 0 Å². The Morgan fingerprint density at radius 3 is 1.96 bits per heavy atom.